The van der Waals surface area contributed by atoms with Gasteiger partial charge in [0.15, 0.2) is 5.69 Å². The molecule has 0 spiro atoms. The second-order valence-electron chi connectivity index (χ2n) is 5.24. The molecule has 0 saturated carbocycles. The van der Waals surface area contributed by atoms with Gasteiger partial charge in [0.2, 0.25) is 0 Å². The van der Waals surface area contributed by atoms with E-state index in [0.717, 1.165) is 12.1 Å². The zero-order chi connectivity index (χ0) is 17.9. The first-order valence-corrected chi connectivity index (χ1v) is 7.33. The highest BCUT2D eigenvalue weighted by molar-refractivity contribution is 6.30. The number of rotatable bonds is 4. The van der Waals surface area contributed by atoms with E-state index in [1.807, 2.05) is 13.8 Å². The monoisotopic (exact) mass is 358 g/mol. The zero-order valence-corrected chi connectivity index (χ0v) is 13.5. The van der Waals surface area contributed by atoms with E-state index in [1.54, 1.807) is 0 Å². The third-order valence-electron chi connectivity index (χ3n) is 2.87. The first-order valence-electron chi connectivity index (χ1n) is 6.95. The number of carbonyl (C=O) groups excluding carboxylic acids is 1. The molecule has 0 bridgehead atoms. The van der Waals surface area contributed by atoms with Crippen molar-refractivity contribution in [3.05, 3.63) is 46.6 Å². The standard InChI is InChI=1S/C15H14ClF3N4O/c1-8(2)20-13-6-5-12(22-23-13)14(24)21-11-4-3-9(16)7-10(11)15(17,18)19/h3-8H,1-2H3,(H,20,23)(H,21,24). The van der Waals surface area contributed by atoms with Gasteiger partial charge in [-0.15, -0.1) is 10.2 Å². The fourth-order valence-corrected chi connectivity index (χ4v) is 2.04. The van der Waals surface area contributed by atoms with Crippen LogP contribution >= 0.6 is 11.6 Å². The van der Waals surface area contributed by atoms with Gasteiger partial charge < -0.3 is 10.6 Å². The summed E-state index contributed by atoms with van der Waals surface area (Å²) in [5.41, 5.74) is -1.54. The van der Waals surface area contributed by atoms with Crippen molar-refractivity contribution >= 4 is 29.0 Å². The summed E-state index contributed by atoms with van der Waals surface area (Å²) >= 11 is 5.59. The van der Waals surface area contributed by atoms with Crippen LogP contribution in [0.3, 0.4) is 0 Å². The first kappa shape index (κ1) is 18.0. The Morgan fingerprint density at radius 3 is 2.42 bits per heavy atom. The average Bonchev–Trinajstić information content (AvgIpc) is 2.48. The summed E-state index contributed by atoms with van der Waals surface area (Å²) in [5, 5.41) is 12.6. The fraction of sp³-hybridized carbons (Fsp3) is 0.267. The Morgan fingerprint density at radius 1 is 1.17 bits per heavy atom. The van der Waals surface area contributed by atoms with E-state index >= 15 is 0 Å². The Hall–Kier alpha value is -2.35. The van der Waals surface area contributed by atoms with Gasteiger partial charge in [0.05, 0.1) is 11.3 Å². The molecule has 0 aliphatic rings. The molecule has 0 aliphatic heterocycles. The maximum absolute atomic E-state index is 13.0. The van der Waals surface area contributed by atoms with Crippen molar-refractivity contribution in [3.8, 4) is 0 Å². The van der Waals surface area contributed by atoms with Gasteiger partial charge >= 0.3 is 6.18 Å². The minimum absolute atomic E-state index is 0.0794. The second-order valence-corrected chi connectivity index (χ2v) is 5.68. The van der Waals surface area contributed by atoms with Crippen LogP contribution in [-0.4, -0.2) is 22.1 Å². The van der Waals surface area contributed by atoms with Crippen LogP contribution in [0.15, 0.2) is 30.3 Å². The van der Waals surface area contributed by atoms with E-state index in [0.29, 0.717) is 5.82 Å². The molecule has 0 aliphatic carbocycles. The van der Waals surface area contributed by atoms with Crippen molar-refractivity contribution in [1.29, 1.82) is 0 Å². The van der Waals surface area contributed by atoms with Gasteiger partial charge in [-0.3, -0.25) is 4.79 Å². The number of nitrogens with zero attached hydrogens (tertiary/aromatic N) is 2. The third-order valence-corrected chi connectivity index (χ3v) is 3.10. The van der Waals surface area contributed by atoms with E-state index in [9.17, 15) is 18.0 Å². The molecule has 9 heteroatoms. The molecule has 0 radical (unpaired) electrons. The van der Waals surface area contributed by atoms with Gasteiger partial charge in [0.1, 0.15) is 5.82 Å². The number of hydrogen-bond donors (Lipinski definition) is 2. The van der Waals surface area contributed by atoms with Crippen molar-refractivity contribution in [1.82, 2.24) is 10.2 Å². The van der Waals surface area contributed by atoms with Gasteiger partial charge in [-0.05, 0) is 44.2 Å². The summed E-state index contributed by atoms with van der Waals surface area (Å²) in [5.74, 6) is -0.338. The van der Waals surface area contributed by atoms with Crippen LogP contribution in [0.4, 0.5) is 24.7 Å². The number of carbonyl (C=O) groups is 1. The van der Waals surface area contributed by atoms with Crippen LogP contribution in [0.5, 0.6) is 0 Å². The molecule has 5 nitrogen and oxygen atoms in total. The lowest BCUT2D eigenvalue weighted by atomic mass is 10.1. The van der Waals surface area contributed by atoms with E-state index in [-0.39, 0.29) is 16.8 Å². The largest absolute Gasteiger partial charge is 0.418 e. The number of halogens is 4. The topological polar surface area (TPSA) is 66.9 Å². The predicted octanol–water partition coefficient (Wildman–Crippen LogP) is 4.22. The minimum atomic E-state index is -4.65. The SMILES string of the molecule is CC(C)Nc1ccc(C(=O)Nc2ccc(Cl)cc2C(F)(F)F)nn1. The molecule has 24 heavy (non-hydrogen) atoms. The van der Waals surface area contributed by atoms with Crippen molar-refractivity contribution in [2.45, 2.75) is 26.1 Å². The minimum Gasteiger partial charge on any atom is -0.366 e. The summed E-state index contributed by atoms with van der Waals surface area (Å²) < 4.78 is 39.0. The van der Waals surface area contributed by atoms with Gasteiger partial charge in [-0.2, -0.15) is 13.2 Å². The summed E-state index contributed by atoms with van der Waals surface area (Å²) in [6.07, 6.45) is -4.65. The van der Waals surface area contributed by atoms with Gasteiger partial charge in [-0.25, -0.2) is 0 Å². The van der Waals surface area contributed by atoms with Crippen molar-refractivity contribution in [3.63, 3.8) is 0 Å². The number of anilines is 2. The molecular formula is C15H14ClF3N4O. The van der Waals surface area contributed by atoms with E-state index < -0.39 is 23.3 Å². The molecule has 1 aromatic carbocycles. The number of benzene rings is 1. The number of nitrogens with one attached hydrogen (secondary N) is 2. The van der Waals surface area contributed by atoms with Crippen molar-refractivity contribution in [2.24, 2.45) is 0 Å². The summed E-state index contributed by atoms with van der Waals surface area (Å²) in [7, 11) is 0. The van der Waals surface area contributed by atoms with Crippen molar-refractivity contribution < 1.29 is 18.0 Å². The van der Waals surface area contributed by atoms with Crippen LogP contribution in [0.2, 0.25) is 5.02 Å². The van der Waals surface area contributed by atoms with Crippen LogP contribution in [0, 0.1) is 0 Å². The second kappa shape index (κ2) is 7.04. The Balaban J connectivity index is 2.21. The Bertz CT molecular complexity index is 732. The first-order chi connectivity index (χ1) is 11.2. The highest BCUT2D eigenvalue weighted by atomic mass is 35.5. The molecule has 0 fully saturated rings. The van der Waals surface area contributed by atoms with Crippen LogP contribution in [0.25, 0.3) is 0 Å². The van der Waals surface area contributed by atoms with Crippen LogP contribution in [-0.2, 0) is 6.18 Å². The van der Waals surface area contributed by atoms with E-state index in [4.69, 9.17) is 11.6 Å². The fourth-order valence-electron chi connectivity index (χ4n) is 1.87. The van der Waals surface area contributed by atoms with Crippen LogP contribution in [0.1, 0.15) is 29.9 Å². The highest BCUT2D eigenvalue weighted by Gasteiger charge is 2.34. The maximum atomic E-state index is 13.0. The number of aromatic nitrogens is 2. The Kier molecular flexibility index (Phi) is 5.28. The molecule has 1 aromatic heterocycles. The molecule has 2 rings (SSSR count). The average molecular weight is 359 g/mol. The lowest BCUT2D eigenvalue weighted by molar-refractivity contribution is -0.136. The lowest BCUT2D eigenvalue weighted by Crippen LogP contribution is -2.19. The number of amides is 1. The summed E-state index contributed by atoms with van der Waals surface area (Å²) in [6.45, 7) is 3.81. The molecule has 0 saturated heterocycles. The quantitative estimate of drug-likeness (QED) is 0.858. The molecule has 128 valence electrons. The Morgan fingerprint density at radius 2 is 1.88 bits per heavy atom. The normalized spacial score (nSPS) is 11.5. The molecule has 1 amide bonds. The zero-order valence-electron chi connectivity index (χ0n) is 12.8. The molecule has 0 atom stereocenters. The summed E-state index contributed by atoms with van der Waals surface area (Å²) in [6, 6.07) is 6.12. The maximum Gasteiger partial charge on any atom is 0.418 e. The summed E-state index contributed by atoms with van der Waals surface area (Å²) in [4.78, 5) is 12.1. The highest BCUT2D eigenvalue weighted by Crippen LogP contribution is 2.36. The van der Waals surface area contributed by atoms with Crippen LogP contribution < -0.4 is 10.6 Å². The molecule has 0 unspecified atom stereocenters. The Labute approximate surface area is 141 Å². The number of alkyl halides is 3. The van der Waals surface area contributed by atoms with Gasteiger partial charge in [0, 0.05) is 11.1 Å². The lowest BCUT2D eigenvalue weighted by Gasteiger charge is -2.14. The molecule has 2 N–H and O–H groups in total. The molecular weight excluding hydrogens is 345 g/mol. The third kappa shape index (κ3) is 4.58. The van der Waals surface area contributed by atoms with E-state index in [2.05, 4.69) is 20.8 Å². The van der Waals surface area contributed by atoms with Gasteiger partial charge in [-0.1, -0.05) is 11.6 Å². The van der Waals surface area contributed by atoms with Crippen molar-refractivity contribution in [2.75, 3.05) is 10.6 Å². The van der Waals surface area contributed by atoms with Gasteiger partial charge in [0.25, 0.3) is 5.91 Å². The number of hydrogen-bond acceptors (Lipinski definition) is 4. The molecule has 1 heterocycles. The van der Waals surface area contributed by atoms with E-state index in [1.165, 1.54) is 18.2 Å². The molecule has 2 aromatic rings. The smallest absolute Gasteiger partial charge is 0.366 e. The predicted molar refractivity (Wildman–Crippen MR) is 85.2 cm³/mol.